The van der Waals surface area contributed by atoms with Crippen LogP contribution >= 0.6 is 27.3 Å². The summed E-state index contributed by atoms with van der Waals surface area (Å²) in [6, 6.07) is -0.688. The summed E-state index contributed by atoms with van der Waals surface area (Å²) in [6.45, 7) is 4.18. The van der Waals surface area contributed by atoms with Crippen LogP contribution in [0.4, 0.5) is 4.79 Å². The van der Waals surface area contributed by atoms with Crippen molar-refractivity contribution in [1.82, 2.24) is 10.2 Å². The molecule has 0 radical (unpaired) electrons. The van der Waals surface area contributed by atoms with E-state index in [4.69, 9.17) is 0 Å². The molecule has 0 saturated carbocycles. The molecule has 17 heavy (non-hydrogen) atoms. The van der Waals surface area contributed by atoms with Crippen LogP contribution in [-0.4, -0.2) is 22.9 Å². The Morgan fingerprint density at radius 1 is 1.47 bits per heavy atom. The van der Waals surface area contributed by atoms with Crippen LogP contribution in [0.3, 0.4) is 0 Å². The fourth-order valence-corrected chi connectivity index (χ4v) is 3.15. The number of hydrogen-bond acceptors (Lipinski definition) is 3. The van der Waals surface area contributed by atoms with E-state index in [1.54, 1.807) is 11.3 Å². The first-order valence-electron chi connectivity index (χ1n) is 5.33. The lowest BCUT2D eigenvalue weighted by atomic mass is 10.1. The molecule has 1 saturated heterocycles. The molecule has 1 aliphatic rings. The van der Waals surface area contributed by atoms with Crippen molar-refractivity contribution in [3.05, 3.63) is 20.8 Å². The summed E-state index contributed by atoms with van der Waals surface area (Å²) in [7, 11) is 0. The Bertz CT molecular complexity index is 458. The average molecular weight is 317 g/mol. The van der Waals surface area contributed by atoms with Crippen molar-refractivity contribution in [2.75, 3.05) is 0 Å². The Morgan fingerprint density at radius 2 is 2.18 bits per heavy atom. The predicted molar refractivity (Wildman–Crippen MR) is 69.7 cm³/mol. The maximum atomic E-state index is 12.0. The zero-order valence-electron chi connectivity index (χ0n) is 9.57. The minimum Gasteiger partial charge on any atom is -0.326 e. The molecule has 2 heterocycles. The van der Waals surface area contributed by atoms with Crippen molar-refractivity contribution in [3.63, 3.8) is 0 Å². The van der Waals surface area contributed by atoms with Crippen molar-refractivity contribution in [1.29, 1.82) is 0 Å². The lowest BCUT2D eigenvalue weighted by molar-refractivity contribution is -0.128. The van der Waals surface area contributed by atoms with Crippen LogP contribution in [0.5, 0.6) is 0 Å². The summed E-state index contributed by atoms with van der Waals surface area (Å²) in [5, 5.41) is 6.59. The van der Waals surface area contributed by atoms with Gasteiger partial charge in [-0.3, -0.25) is 9.69 Å². The third kappa shape index (κ3) is 2.37. The van der Waals surface area contributed by atoms with Crippen LogP contribution < -0.4 is 5.32 Å². The summed E-state index contributed by atoms with van der Waals surface area (Å²) in [5.74, 6) is -0.0227. The number of carbonyl (C=O) groups excluding carboxylic acids is 2. The second-order valence-electron chi connectivity index (χ2n) is 4.34. The minimum absolute atomic E-state index is 0.113. The molecule has 92 valence electrons. The van der Waals surface area contributed by atoms with Crippen molar-refractivity contribution in [2.45, 2.75) is 26.4 Å². The molecule has 6 heteroatoms. The van der Waals surface area contributed by atoms with Gasteiger partial charge in [-0.1, -0.05) is 13.8 Å². The third-order valence-electron chi connectivity index (χ3n) is 2.74. The zero-order valence-corrected chi connectivity index (χ0v) is 12.0. The Labute approximate surface area is 112 Å². The number of thiophene rings is 1. The molecule has 4 nitrogen and oxygen atoms in total. The number of imide groups is 1. The Kier molecular flexibility index (Phi) is 3.53. The van der Waals surface area contributed by atoms with Gasteiger partial charge in [0.1, 0.15) is 6.04 Å². The van der Waals surface area contributed by atoms with E-state index in [9.17, 15) is 9.59 Å². The second-order valence-corrected chi connectivity index (χ2v) is 5.94. The average Bonchev–Trinajstić information content (AvgIpc) is 2.77. The van der Waals surface area contributed by atoms with Gasteiger partial charge >= 0.3 is 6.03 Å². The van der Waals surface area contributed by atoms with Gasteiger partial charge in [0.15, 0.2) is 0 Å². The Morgan fingerprint density at radius 3 is 2.65 bits per heavy atom. The summed E-state index contributed by atoms with van der Waals surface area (Å²) in [5.41, 5.74) is 0.961. The van der Waals surface area contributed by atoms with Gasteiger partial charge in [0.05, 0.1) is 6.54 Å². The van der Waals surface area contributed by atoms with Gasteiger partial charge in [-0.2, -0.15) is 11.3 Å². The van der Waals surface area contributed by atoms with Crippen LogP contribution in [0.25, 0.3) is 0 Å². The van der Waals surface area contributed by atoms with Crippen LogP contribution in [0.1, 0.15) is 19.4 Å². The predicted octanol–water partition coefficient (Wildman–Crippen LogP) is 2.59. The fourth-order valence-electron chi connectivity index (χ4n) is 1.73. The first-order chi connectivity index (χ1) is 8.00. The molecule has 3 amide bonds. The maximum Gasteiger partial charge on any atom is 0.325 e. The SMILES string of the molecule is CC(C)[C@H]1NC(=O)N(Cc2cscc2Br)C1=O. The molecular formula is C11H13BrN2O2S. The van der Waals surface area contributed by atoms with E-state index in [0.29, 0.717) is 6.54 Å². The van der Waals surface area contributed by atoms with E-state index in [0.717, 1.165) is 10.0 Å². The first kappa shape index (κ1) is 12.6. The van der Waals surface area contributed by atoms with E-state index >= 15 is 0 Å². The number of rotatable bonds is 3. The largest absolute Gasteiger partial charge is 0.326 e. The maximum absolute atomic E-state index is 12.0. The molecule has 1 aromatic rings. The quantitative estimate of drug-likeness (QED) is 0.871. The van der Waals surface area contributed by atoms with E-state index in [1.807, 2.05) is 24.6 Å². The molecular weight excluding hydrogens is 304 g/mol. The normalized spacial score (nSPS) is 20.2. The molecule has 0 bridgehead atoms. The van der Waals surface area contributed by atoms with Gasteiger partial charge in [0.25, 0.3) is 5.91 Å². The number of halogens is 1. The standard InChI is InChI=1S/C11H13BrN2O2S/c1-6(2)9-10(15)14(11(16)13-9)3-7-4-17-5-8(7)12/h4-6,9H,3H2,1-2H3,(H,13,16)/t9-/m1/s1. The van der Waals surface area contributed by atoms with E-state index in [-0.39, 0.29) is 23.9 Å². The molecule has 1 aromatic heterocycles. The van der Waals surface area contributed by atoms with E-state index < -0.39 is 0 Å². The Hall–Kier alpha value is -0.880. The molecule has 0 unspecified atom stereocenters. The molecule has 1 N–H and O–H groups in total. The van der Waals surface area contributed by atoms with Crippen LogP contribution in [0.15, 0.2) is 15.2 Å². The molecule has 1 atom stereocenters. The lowest BCUT2D eigenvalue weighted by Crippen LogP contribution is -2.34. The number of nitrogens with one attached hydrogen (secondary N) is 1. The van der Waals surface area contributed by atoms with E-state index in [2.05, 4.69) is 21.2 Å². The van der Waals surface area contributed by atoms with Crippen LogP contribution in [0.2, 0.25) is 0 Å². The molecule has 1 aliphatic heterocycles. The third-order valence-corrected chi connectivity index (χ3v) is 4.57. The van der Waals surface area contributed by atoms with Gasteiger partial charge in [-0.25, -0.2) is 4.79 Å². The summed E-state index contributed by atoms with van der Waals surface area (Å²) < 4.78 is 0.941. The molecule has 1 fully saturated rings. The summed E-state index contributed by atoms with van der Waals surface area (Å²) in [4.78, 5) is 25.0. The highest BCUT2D eigenvalue weighted by Gasteiger charge is 2.39. The number of urea groups is 1. The number of amides is 3. The summed E-state index contributed by atoms with van der Waals surface area (Å²) >= 11 is 4.94. The smallest absolute Gasteiger partial charge is 0.325 e. The molecule has 0 aliphatic carbocycles. The van der Waals surface area contributed by atoms with Crippen molar-refractivity contribution >= 4 is 39.2 Å². The lowest BCUT2D eigenvalue weighted by Gasteiger charge is -2.14. The molecule has 2 rings (SSSR count). The van der Waals surface area contributed by atoms with E-state index in [1.165, 1.54) is 4.90 Å². The number of hydrogen-bond donors (Lipinski definition) is 1. The zero-order chi connectivity index (χ0) is 12.6. The van der Waals surface area contributed by atoms with Gasteiger partial charge in [-0.15, -0.1) is 0 Å². The van der Waals surface area contributed by atoms with Crippen LogP contribution in [0, 0.1) is 5.92 Å². The minimum atomic E-state index is -0.389. The highest BCUT2D eigenvalue weighted by Crippen LogP contribution is 2.24. The second kappa shape index (κ2) is 4.78. The van der Waals surface area contributed by atoms with Crippen molar-refractivity contribution in [2.24, 2.45) is 5.92 Å². The Balaban J connectivity index is 2.15. The number of nitrogens with zero attached hydrogens (tertiary/aromatic N) is 1. The van der Waals surface area contributed by atoms with Gasteiger partial charge < -0.3 is 5.32 Å². The fraction of sp³-hybridized carbons (Fsp3) is 0.455. The molecule has 0 aromatic carbocycles. The number of carbonyl (C=O) groups is 2. The van der Waals surface area contributed by atoms with Gasteiger partial charge in [-0.05, 0) is 32.8 Å². The van der Waals surface area contributed by atoms with Crippen molar-refractivity contribution in [3.8, 4) is 0 Å². The van der Waals surface area contributed by atoms with Gasteiger partial charge in [0, 0.05) is 9.85 Å². The summed E-state index contributed by atoms with van der Waals surface area (Å²) in [6.07, 6.45) is 0. The topological polar surface area (TPSA) is 49.4 Å². The molecule has 0 spiro atoms. The highest BCUT2D eigenvalue weighted by atomic mass is 79.9. The van der Waals surface area contributed by atoms with Crippen molar-refractivity contribution < 1.29 is 9.59 Å². The monoisotopic (exact) mass is 316 g/mol. The van der Waals surface area contributed by atoms with Crippen LogP contribution in [-0.2, 0) is 11.3 Å². The highest BCUT2D eigenvalue weighted by molar-refractivity contribution is 9.10. The van der Waals surface area contributed by atoms with Gasteiger partial charge in [0.2, 0.25) is 0 Å². The first-order valence-corrected chi connectivity index (χ1v) is 7.06.